The number of allylic oxidation sites excluding steroid dienone is 1. The highest BCUT2D eigenvalue weighted by Gasteiger charge is 2.39. The lowest BCUT2D eigenvalue weighted by molar-refractivity contribution is -0.917. The number of benzene rings is 1. The van der Waals surface area contributed by atoms with Crippen molar-refractivity contribution in [3.8, 4) is 0 Å². The fraction of sp³-hybridized carbons (Fsp3) is 0.500. The summed E-state index contributed by atoms with van der Waals surface area (Å²) in [5.41, 5.74) is 2.77. The van der Waals surface area contributed by atoms with Gasteiger partial charge in [-0.1, -0.05) is 41.4 Å². The molecular weight excluding hydrogens is 277 g/mol. The fourth-order valence-electron chi connectivity index (χ4n) is 3.47. The molecule has 0 radical (unpaired) electrons. The fourth-order valence-corrected chi connectivity index (χ4v) is 3.87. The maximum Gasteiger partial charge on any atom is 0.100 e. The zero-order valence-corrected chi connectivity index (χ0v) is 12.8. The molecule has 3 aliphatic heterocycles. The first-order valence-electron chi connectivity index (χ1n) is 7.03. The summed E-state index contributed by atoms with van der Waals surface area (Å²) in [6.07, 6.45) is 6.01. The van der Waals surface area contributed by atoms with Crippen LogP contribution >= 0.6 is 23.2 Å². The lowest BCUT2D eigenvalue weighted by atomic mass is 9.81. The standard InChI is InChI=1S/C16H20Cl2N/c1-19-9-7-12(8-10-19)14(11-19)6-5-13-3-2-4-15(17)16(13)18/h2-4,6,12H,5,7-11H2,1H3/q+1/b14-6+. The summed E-state index contributed by atoms with van der Waals surface area (Å²) in [5, 5.41) is 1.37. The Kier molecular flexibility index (Phi) is 3.63. The minimum Gasteiger partial charge on any atom is -0.323 e. The second-order valence-corrected chi connectivity index (χ2v) is 6.98. The summed E-state index contributed by atoms with van der Waals surface area (Å²) in [5.74, 6) is 0.818. The third-order valence-corrected chi connectivity index (χ3v) is 5.60. The Morgan fingerprint density at radius 2 is 2.00 bits per heavy atom. The average molecular weight is 297 g/mol. The molecular formula is C16H20Cl2N+. The number of hydrogen-bond acceptors (Lipinski definition) is 0. The lowest BCUT2D eigenvalue weighted by Crippen LogP contribution is -2.56. The predicted molar refractivity (Wildman–Crippen MR) is 81.8 cm³/mol. The van der Waals surface area contributed by atoms with Crippen LogP contribution in [0.15, 0.2) is 29.8 Å². The number of rotatable bonds is 2. The predicted octanol–water partition coefficient (Wildman–Crippen LogP) is 4.33. The van der Waals surface area contributed by atoms with Gasteiger partial charge in [-0.3, -0.25) is 0 Å². The van der Waals surface area contributed by atoms with E-state index in [1.54, 1.807) is 5.57 Å². The van der Waals surface area contributed by atoms with E-state index in [1.165, 1.54) is 37.0 Å². The molecule has 1 nitrogen and oxygen atoms in total. The molecule has 3 fully saturated rings. The zero-order valence-electron chi connectivity index (χ0n) is 11.3. The first-order valence-corrected chi connectivity index (χ1v) is 7.78. The number of nitrogens with zero attached hydrogens (tertiary/aromatic N) is 1. The Morgan fingerprint density at radius 3 is 2.68 bits per heavy atom. The Labute approximate surface area is 125 Å². The van der Waals surface area contributed by atoms with Crippen molar-refractivity contribution in [1.82, 2.24) is 0 Å². The highest BCUT2D eigenvalue weighted by atomic mass is 35.5. The van der Waals surface area contributed by atoms with E-state index in [9.17, 15) is 0 Å². The van der Waals surface area contributed by atoms with Gasteiger partial charge in [0.15, 0.2) is 0 Å². The summed E-state index contributed by atoms with van der Waals surface area (Å²) >= 11 is 12.3. The van der Waals surface area contributed by atoms with Gasteiger partial charge in [0.25, 0.3) is 0 Å². The molecule has 0 spiro atoms. The van der Waals surface area contributed by atoms with E-state index in [-0.39, 0.29) is 0 Å². The van der Waals surface area contributed by atoms with Gasteiger partial charge in [0, 0.05) is 12.8 Å². The molecule has 2 bridgehead atoms. The third kappa shape index (κ3) is 2.69. The molecule has 1 aromatic carbocycles. The largest absolute Gasteiger partial charge is 0.323 e. The van der Waals surface area contributed by atoms with E-state index in [2.05, 4.69) is 19.2 Å². The minimum atomic E-state index is 0.658. The summed E-state index contributed by atoms with van der Waals surface area (Å²) in [6.45, 7) is 3.92. The van der Waals surface area contributed by atoms with Gasteiger partial charge in [0.05, 0.1) is 30.2 Å². The van der Waals surface area contributed by atoms with Crippen LogP contribution in [-0.4, -0.2) is 31.2 Å². The molecule has 3 heteroatoms. The minimum absolute atomic E-state index is 0.658. The molecule has 102 valence electrons. The molecule has 0 atom stereocenters. The summed E-state index contributed by atoms with van der Waals surface area (Å²) in [6, 6.07) is 5.90. The van der Waals surface area contributed by atoms with E-state index in [1.807, 2.05) is 12.1 Å². The Bertz CT molecular complexity index is 513. The molecule has 3 aliphatic rings. The number of halogens is 2. The third-order valence-electron chi connectivity index (χ3n) is 4.74. The molecule has 0 saturated carbocycles. The van der Waals surface area contributed by atoms with E-state index in [4.69, 9.17) is 23.2 Å². The van der Waals surface area contributed by atoms with E-state index < -0.39 is 0 Å². The van der Waals surface area contributed by atoms with Crippen molar-refractivity contribution >= 4 is 23.2 Å². The number of hydrogen-bond donors (Lipinski definition) is 0. The van der Waals surface area contributed by atoms with Gasteiger partial charge < -0.3 is 4.48 Å². The van der Waals surface area contributed by atoms with Crippen LogP contribution in [0, 0.1) is 5.92 Å². The van der Waals surface area contributed by atoms with Crippen molar-refractivity contribution in [2.75, 3.05) is 26.7 Å². The Hall–Kier alpha value is -0.500. The van der Waals surface area contributed by atoms with Crippen molar-refractivity contribution in [2.24, 2.45) is 5.92 Å². The summed E-state index contributed by atoms with van der Waals surface area (Å²) in [4.78, 5) is 0. The van der Waals surface area contributed by atoms with Gasteiger partial charge in [0.1, 0.15) is 6.54 Å². The van der Waals surface area contributed by atoms with Gasteiger partial charge in [-0.2, -0.15) is 0 Å². The molecule has 1 aromatic rings. The first-order chi connectivity index (χ1) is 9.07. The van der Waals surface area contributed by atoms with Crippen molar-refractivity contribution < 1.29 is 4.48 Å². The number of piperidine rings is 3. The van der Waals surface area contributed by atoms with Gasteiger partial charge in [-0.15, -0.1) is 0 Å². The average Bonchev–Trinajstić information content (AvgIpc) is 2.41. The first kappa shape index (κ1) is 13.5. The SMILES string of the molecule is C[N+]12CCC(CC1)/C(=C/Cc1cccc(Cl)c1Cl)C2. The van der Waals surface area contributed by atoms with Gasteiger partial charge in [0.2, 0.25) is 0 Å². The Balaban J connectivity index is 1.78. The van der Waals surface area contributed by atoms with Crippen LogP contribution in [0.1, 0.15) is 18.4 Å². The number of likely N-dealkylation sites (N-methyl/N-ethyl adjacent to an activating group) is 1. The number of quaternary nitrogens is 1. The van der Waals surface area contributed by atoms with Crippen molar-refractivity contribution in [2.45, 2.75) is 19.3 Å². The monoisotopic (exact) mass is 296 g/mol. The highest BCUT2D eigenvalue weighted by Crippen LogP contribution is 2.36. The normalized spacial score (nSPS) is 31.9. The van der Waals surface area contributed by atoms with Crippen LogP contribution in [0.3, 0.4) is 0 Å². The summed E-state index contributed by atoms with van der Waals surface area (Å²) in [7, 11) is 2.38. The van der Waals surface area contributed by atoms with Crippen LogP contribution in [0.4, 0.5) is 0 Å². The van der Waals surface area contributed by atoms with Gasteiger partial charge in [-0.25, -0.2) is 0 Å². The maximum atomic E-state index is 6.25. The lowest BCUT2D eigenvalue weighted by Gasteiger charge is -2.48. The highest BCUT2D eigenvalue weighted by molar-refractivity contribution is 6.42. The van der Waals surface area contributed by atoms with Crippen molar-refractivity contribution in [1.29, 1.82) is 0 Å². The molecule has 3 saturated heterocycles. The van der Waals surface area contributed by atoms with Crippen LogP contribution in [0.2, 0.25) is 10.0 Å². The van der Waals surface area contributed by atoms with Crippen LogP contribution in [0.25, 0.3) is 0 Å². The second kappa shape index (κ2) is 5.12. The quantitative estimate of drug-likeness (QED) is 0.563. The van der Waals surface area contributed by atoms with Crippen LogP contribution < -0.4 is 0 Å². The molecule has 19 heavy (non-hydrogen) atoms. The van der Waals surface area contributed by atoms with Crippen molar-refractivity contribution in [3.05, 3.63) is 45.5 Å². The topological polar surface area (TPSA) is 0 Å². The van der Waals surface area contributed by atoms with Crippen molar-refractivity contribution in [3.63, 3.8) is 0 Å². The van der Waals surface area contributed by atoms with Crippen LogP contribution in [0.5, 0.6) is 0 Å². The Morgan fingerprint density at radius 1 is 1.26 bits per heavy atom. The summed E-state index contributed by atoms with van der Waals surface area (Å²) < 4.78 is 1.23. The van der Waals surface area contributed by atoms with Gasteiger partial charge >= 0.3 is 0 Å². The molecule has 0 aliphatic carbocycles. The molecule has 3 heterocycles. The second-order valence-electron chi connectivity index (χ2n) is 6.20. The maximum absolute atomic E-state index is 6.25. The molecule has 4 rings (SSSR count). The number of fused-ring (bicyclic) bond motifs is 3. The van der Waals surface area contributed by atoms with Gasteiger partial charge in [-0.05, 0) is 29.5 Å². The zero-order chi connectivity index (χ0) is 13.5. The molecule has 0 aromatic heterocycles. The van der Waals surface area contributed by atoms with E-state index in [0.29, 0.717) is 10.0 Å². The molecule has 0 N–H and O–H groups in total. The van der Waals surface area contributed by atoms with E-state index >= 15 is 0 Å². The van der Waals surface area contributed by atoms with Crippen LogP contribution in [-0.2, 0) is 6.42 Å². The molecule has 0 unspecified atom stereocenters. The van der Waals surface area contributed by atoms with E-state index in [0.717, 1.165) is 17.9 Å². The smallest absolute Gasteiger partial charge is 0.100 e. The molecule has 0 amide bonds.